The standard InChI is InChI=1S/C4H6O3.C2H6O2/c5-4-6-2-1-3-7-4;3-1-2-4/h1-3H2;3-4H,1-2H2. The second-order valence-corrected chi connectivity index (χ2v) is 1.75. The Morgan fingerprint density at radius 3 is 1.82 bits per heavy atom. The van der Waals surface area contributed by atoms with Crippen LogP contribution >= 0.6 is 0 Å². The minimum absolute atomic E-state index is 0.125. The summed E-state index contributed by atoms with van der Waals surface area (Å²) in [6.45, 7) is 0.775. The molecular weight excluding hydrogens is 152 g/mol. The van der Waals surface area contributed by atoms with Crippen LogP contribution in [0.2, 0.25) is 0 Å². The lowest BCUT2D eigenvalue weighted by molar-refractivity contribution is 0.0192. The summed E-state index contributed by atoms with van der Waals surface area (Å²) >= 11 is 0. The second-order valence-electron chi connectivity index (χ2n) is 1.75. The predicted octanol–water partition coefficient (Wildman–Crippen LogP) is -0.486. The molecule has 0 saturated carbocycles. The fourth-order valence-electron chi connectivity index (χ4n) is 0.412. The molecule has 1 saturated heterocycles. The average Bonchev–Trinajstić information content (AvgIpc) is 2.07. The van der Waals surface area contributed by atoms with E-state index in [1.54, 1.807) is 0 Å². The van der Waals surface area contributed by atoms with Gasteiger partial charge in [-0.05, 0) is 0 Å². The number of aliphatic hydroxyl groups excluding tert-OH is 2. The van der Waals surface area contributed by atoms with Gasteiger partial charge in [-0.3, -0.25) is 0 Å². The highest BCUT2D eigenvalue weighted by molar-refractivity contribution is 5.60. The number of aliphatic hydroxyl groups is 2. The van der Waals surface area contributed by atoms with Gasteiger partial charge >= 0.3 is 6.16 Å². The number of rotatable bonds is 1. The van der Waals surface area contributed by atoms with Gasteiger partial charge in [-0.15, -0.1) is 0 Å². The van der Waals surface area contributed by atoms with Gasteiger partial charge in [0.1, 0.15) is 0 Å². The summed E-state index contributed by atoms with van der Waals surface area (Å²) in [7, 11) is 0. The number of ether oxygens (including phenoxy) is 2. The largest absolute Gasteiger partial charge is 0.508 e. The van der Waals surface area contributed by atoms with E-state index in [1.165, 1.54) is 0 Å². The van der Waals surface area contributed by atoms with E-state index in [-0.39, 0.29) is 13.2 Å². The van der Waals surface area contributed by atoms with Gasteiger partial charge in [0.2, 0.25) is 0 Å². The summed E-state index contributed by atoms with van der Waals surface area (Å²) in [6.07, 6.45) is 0.289. The number of hydrogen-bond acceptors (Lipinski definition) is 5. The molecule has 5 heteroatoms. The summed E-state index contributed by atoms with van der Waals surface area (Å²) in [5, 5.41) is 15.2. The first-order valence-corrected chi connectivity index (χ1v) is 3.32. The van der Waals surface area contributed by atoms with Crippen molar-refractivity contribution >= 4 is 6.16 Å². The van der Waals surface area contributed by atoms with Gasteiger partial charge in [-0.25, -0.2) is 4.79 Å². The second kappa shape index (κ2) is 7.30. The Hall–Kier alpha value is -0.810. The summed E-state index contributed by atoms with van der Waals surface area (Å²) < 4.78 is 8.83. The van der Waals surface area contributed by atoms with Crippen LogP contribution < -0.4 is 0 Å². The van der Waals surface area contributed by atoms with Gasteiger partial charge in [0.25, 0.3) is 0 Å². The molecular formula is C6H12O5. The van der Waals surface area contributed by atoms with E-state index in [0.29, 0.717) is 13.2 Å². The van der Waals surface area contributed by atoms with Crippen LogP contribution in [0.15, 0.2) is 0 Å². The third-order valence-electron chi connectivity index (χ3n) is 0.829. The van der Waals surface area contributed by atoms with Crippen molar-refractivity contribution in [2.24, 2.45) is 0 Å². The van der Waals surface area contributed by atoms with Gasteiger partial charge in [-0.2, -0.15) is 0 Å². The molecule has 0 unspecified atom stereocenters. The van der Waals surface area contributed by atoms with Gasteiger partial charge in [-0.1, -0.05) is 0 Å². The SMILES string of the molecule is O=C1OCCCO1.OCCO. The first-order valence-electron chi connectivity index (χ1n) is 3.32. The van der Waals surface area contributed by atoms with Crippen molar-refractivity contribution in [3.8, 4) is 0 Å². The minimum atomic E-state index is -0.536. The van der Waals surface area contributed by atoms with Crippen molar-refractivity contribution in [1.29, 1.82) is 0 Å². The van der Waals surface area contributed by atoms with Crippen molar-refractivity contribution in [3.05, 3.63) is 0 Å². The highest BCUT2D eigenvalue weighted by Gasteiger charge is 2.07. The number of hydrogen-bond donors (Lipinski definition) is 2. The molecule has 0 amide bonds. The van der Waals surface area contributed by atoms with Gasteiger partial charge < -0.3 is 19.7 Å². The van der Waals surface area contributed by atoms with E-state index in [1.807, 2.05) is 0 Å². The van der Waals surface area contributed by atoms with Gasteiger partial charge in [0.15, 0.2) is 0 Å². The van der Waals surface area contributed by atoms with Crippen LogP contribution in [0.1, 0.15) is 6.42 Å². The molecule has 1 rings (SSSR count). The van der Waals surface area contributed by atoms with Crippen LogP contribution in [0, 0.1) is 0 Å². The maximum absolute atomic E-state index is 10.0. The number of cyclic esters (lactones) is 2. The minimum Gasteiger partial charge on any atom is -0.434 e. The van der Waals surface area contributed by atoms with Crippen molar-refractivity contribution in [2.45, 2.75) is 6.42 Å². The van der Waals surface area contributed by atoms with Crippen LogP contribution in [-0.2, 0) is 9.47 Å². The monoisotopic (exact) mass is 164 g/mol. The first-order chi connectivity index (χ1) is 5.31. The van der Waals surface area contributed by atoms with Crippen molar-refractivity contribution in [3.63, 3.8) is 0 Å². The molecule has 0 aromatic rings. The van der Waals surface area contributed by atoms with Gasteiger partial charge in [0.05, 0.1) is 26.4 Å². The van der Waals surface area contributed by atoms with E-state index in [0.717, 1.165) is 6.42 Å². The zero-order valence-corrected chi connectivity index (χ0v) is 6.15. The van der Waals surface area contributed by atoms with Crippen LogP contribution in [0.25, 0.3) is 0 Å². The number of carbonyl (C=O) groups is 1. The van der Waals surface area contributed by atoms with E-state index in [9.17, 15) is 4.79 Å². The van der Waals surface area contributed by atoms with Crippen molar-refractivity contribution in [1.82, 2.24) is 0 Å². The molecule has 1 fully saturated rings. The molecule has 5 nitrogen and oxygen atoms in total. The fourth-order valence-corrected chi connectivity index (χ4v) is 0.412. The Morgan fingerprint density at radius 2 is 1.64 bits per heavy atom. The smallest absolute Gasteiger partial charge is 0.434 e. The Kier molecular flexibility index (Phi) is 6.76. The fraction of sp³-hybridized carbons (Fsp3) is 0.833. The molecule has 1 aliphatic heterocycles. The molecule has 0 aromatic carbocycles. The molecule has 0 spiro atoms. The topological polar surface area (TPSA) is 76.0 Å². The van der Waals surface area contributed by atoms with Crippen molar-refractivity contribution < 1.29 is 24.5 Å². The third kappa shape index (κ3) is 7.08. The molecule has 0 atom stereocenters. The molecule has 1 aliphatic rings. The van der Waals surface area contributed by atoms with Crippen LogP contribution in [-0.4, -0.2) is 42.8 Å². The lowest BCUT2D eigenvalue weighted by Crippen LogP contribution is -2.16. The molecule has 0 aromatic heterocycles. The number of carbonyl (C=O) groups excluding carboxylic acids is 1. The highest BCUT2D eigenvalue weighted by Crippen LogP contribution is 1.95. The van der Waals surface area contributed by atoms with E-state index < -0.39 is 6.16 Å². The Balaban J connectivity index is 0.000000218. The van der Waals surface area contributed by atoms with E-state index in [4.69, 9.17) is 10.2 Å². The lowest BCUT2D eigenvalue weighted by Gasteiger charge is -2.09. The Morgan fingerprint density at radius 1 is 1.18 bits per heavy atom. The average molecular weight is 164 g/mol. The zero-order valence-electron chi connectivity index (χ0n) is 6.15. The normalized spacial score (nSPS) is 15.6. The quantitative estimate of drug-likeness (QED) is 0.511. The van der Waals surface area contributed by atoms with Crippen LogP contribution in [0.5, 0.6) is 0 Å². The van der Waals surface area contributed by atoms with Gasteiger partial charge in [0, 0.05) is 6.42 Å². The maximum Gasteiger partial charge on any atom is 0.508 e. The zero-order chi connectivity index (χ0) is 8.53. The van der Waals surface area contributed by atoms with Crippen LogP contribution in [0.4, 0.5) is 4.79 Å². The Labute approximate surface area is 64.5 Å². The summed E-state index contributed by atoms with van der Waals surface area (Å²) in [5.41, 5.74) is 0. The molecule has 66 valence electrons. The molecule has 1 heterocycles. The van der Waals surface area contributed by atoms with Crippen LogP contribution in [0.3, 0.4) is 0 Å². The predicted molar refractivity (Wildman–Crippen MR) is 36.1 cm³/mol. The van der Waals surface area contributed by atoms with E-state index in [2.05, 4.69) is 9.47 Å². The first kappa shape index (κ1) is 10.2. The summed E-state index contributed by atoms with van der Waals surface area (Å²) in [5.74, 6) is 0. The lowest BCUT2D eigenvalue weighted by atomic mass is 10.5. The molecule has 0 bridgehead atoms. The molecule has 0 aliphatic carbocycles. The molecule has 0 radical (unpaired) electrons. The molecule has 2 N–H and O–H groups in total. The third-order valence-corrected chi connectivity index (χ3v) is 0.829. The van der Waals surface area contributed by atoms with E-state index >= 15 is 0 Å². The Bertz CT molecular complexity index is 93.1. The highest BCUT2D eigenvalue weighted by atomic mass is 16.7. The summed E-state index contributed by atoms with van der Waals surface area (Å²) in [6, 6.07) is 0. The van der Waals surface area contributed by atoms with Crippen molar-refractivity contribution in [2.75, 3.05) is 26.4 Å². The molecule has 11 heavy (non-hydrogen) atoms. The maximum atomic E-state index is 10.0. The summed E-state index contributed by atoms with van der Waals surface area (Å²) in [4.78, 5) is 10.0.